The Balaban J connectivity index is 0.00000200. The fraction of sp³-hybridized carbons (Fsp3) is 0.562. The maximum atomic E-state index is 12.5. The second-order valence-electron chi connectivity index (χ2n) is 5.39. The molecule has 2 unspecified atom stereocenters. The minimum Gasteiger partial charge on any atom is -0.338 e. The largest absolute Gasteiger partial charge is 0.338 e. The minimum absolute atomic E-state index is 0. The molecular formula is C16H25ClN2O. The highest BCUT2D eigenvalue weighted by Crippen LogP contribution is 2.20. The van der Waals surface area contributed by atoms with Crippen molar-refractivity contribution in [3.8, 4) is 0 Å². The third kappa shape index (κ3) is 4.22. The first-order valence-corrected chi connectivity index (χ1v) is 7.32. The second kappa shape index (κ2) is 8.28. The van der Waals surface area contributed by atoms with Crippen LogP contribution < -0.4 is 5.73 Å². The Kier molecular flexibility index (Phi) is 7.03. The number of carbonyl (C=O) groups excluding carboxylic acids is 1. The SMILES string of the molecule is CCC1CCCCN1C(=O)C(N)Cc1ccccc1.Cl. The van der Waals surface area contributed by atoms with Gasteiger partial charge in [-0.1, -0.05) is 37.3 Å². The van der Waals surface area contributed by atoms with E-state index in [1.807, 2.05) is 35.2 Å². The zero-order valence-electron chi connectivity index (χ0n) is 12.1. The van der Waals surface area contributed by atoms with E-state index in [-0.39, 0.29) is 18.3 Å². The highest BCUT2D eigenvalue weighted by molar-refractivity contribution is 5.85. The highest BCUT2D eigenvalue weighted by Gasteiger charge is 2.28. The van der Waals surface area contributed by atoms with Crippen molar-refractivity contribution in [1.29, 1.82) is 0 Å². The van der Waals surface area contributed by atoms with Gasteiger partial charge in [-0.2, -0.15) is 0 Å². The van der Waals surface area contributed by atoms with Crippen LogP contribution in [0.4, 0.5) is 0 Å². The van der Waals surface area contributed by atoms with E-state index < -0.39 is 6.04 Å². The Labute approximate surface area is 127 Å². The van der Waals surface area contributed by atoms with Gasteiger partial charge in [-0.05, 0) is 37.7 Å². The molecule has 1 aromatic carbocycles. The number of nitrogens with two attached hydrogens (primary N) is 1. The van der Waals surface area contributed by atoms with Crippen molar-refractivity contribution in [2.24, 2.45) is 5.73 Å². The number of amides is 1. The van der Waals surface area contributed by atoms with Crippen molar-refractivity contribution >= 4 is 18.3 Å². The summed E-state index contributed by atoms with van der Waals surface area (Å²) in [6.07, 6.45) is 5.13. The number of halogens is 1. The highest BCUT2D eigenvalue weighted by atomic mass is 35.5. The summed E-state index contributed by atoms with van der Waals surface area (Å²) in [7, 11) is 0. The molecular weight excluding hydrogens is 272 g/mol. The number of benzene rings is 1. The van der Waals surface area contributed by atoms with Crippen LogP contribution in [0.1, 0.15) is 38.2 Å². The van der Waals surface area contributed by atoms with Gasteiger partial charge in [0.05, 0.1) is 6.04 Å². The molecule has 1 aromatic rings. The van der Waals surface area contributed by atoms with Gasteiger partial charge < -0.3 is 10.6 Å². The molecule has 2 rings (SSSR count). The summed E-state index contributed by atoms with van der Waals surface area (Å²) in [4.78, 5) is 14.5. The van der Waals surface area contributed by atoms with Crippen LogP contribution in [-0.4, -0.2) is 29.4 Å². The van der Waals surface area contributed by atoms with E-state index in [9.17, 15) is 4.79 Å². The van der Waals surface area contributed by atoms with Crippen LogP contribution in [0.3, 0.4) is 0 Å². The molecule has 4 heteroatoms. The number of hydrogen-bond donors (Lipinski definition) is 1. The summed E-state index contributed by atoms with van der Waals surface area (Å²) < 4.78 is 0. The molecule has 2 N–H and O–H groups in total. The van der Waals surface area contributed by atoms with Gasteiger partial charge in [0.15, 0.2) is 0 Å². The monoisotopic (exact) mass is 296 g/mol. The molecule has 0 aromatic heterocycles. The lowest BCUT2D eigenvalue weighted by Crippen LogP contribution is -2.51. The Morgan fingerprint density at radius 2 is 2.05 bits per heavy atom. The molecule has 0 saturated carbocycles. The Hall–Kier alpha value is -1.06. The van der Waals surface area contributed by atoms with Gasteiger partial charge in [-0.15, -0.1) is 12.4 Å². The fourth-order valence-electron chi connectivity index (χ4n) is 2.88. The topological polar surface area (TPSA) is 46.3 Å². The van der Waals surface area contributed by atoms with E-state index in [1.165, 1.54) is 6.42 Å². The molecule has 112 valence electrons. The van der Waals surface area contributed by atoms with Crippen molar-refractivity contribution in [2.45, 2.75) is 51.1 Å². The standard InChI is InChI=1S/C16H24N2O.ClH/c1-2-14-10-6-7-11-18(14)16(19)15(17)12-13-8-4-3-5-9-13;/h3-5,8-9,14-15H,2,6-7,10-12,17H2,1H3;1H. The average Bonchev–Trinajstić information content (AvgIpc) is 2.47. The van der Waals surface area contributed by atoms with Gasteiger partial charge in [-0.25, -0.2) is 0 Å². The molecule has 1 aliphatic rings. The molecule has 1 amide bonds. The number of hydrogen-bond acceptors (Lipinski definition) is 2. The van der Waals surface area contributed by atoms with Crippen molar-refractivity contribution in [3.05, 3.63) is 35.9 Å². The molecule has 0 bridgehead atoms. The quantitative estimate of drug-likeness (QED) is 0.928. The van der Waals surface area contributed by atoms with Gasteiger partial charge in [0.25, 0.3) is 0 Å². The number of nitrogens with zero attached hydrogens (tertiary/aromatic N) is 1. The van der Waals surface area contributed by atoms with Gasteiger partial charge >= 0.3 is 0 Å². The van der Waals surface area contributed by atoms with Crippen LogP contribution in [0.15, 0.2) is 30.3 Å². The summed E-state index contributed by atoms with van der Waals surface area (Å²) in [5.74, 6) is 0.121. The van der Waals surface area contributed by atoms with Crippen LogP contribution in [0.2, 0.25) is 0 Å². The van der Waals surface area contributed by atoms with E-state index in [1.54, 1.807) is 0 Å². The molecule has 1 fully saturated rings. The number of rotatable bonds is 4. The van der Waals surface area contributed by atoms with Gasteiger partial charge in [0.1, 0.15) is 0 Å². The van der Waals surface area contributed by atoms with Crippen molar-refractivity contribution < 1.29 is 4.79 Å². The molecule has 3 nitrogen and oxygen atoms in total. The van der Waals surface area contributed by atoms with Gasteiger partial charge in [-0.3, -0.25) is 4.79 Å². The first kappa shape index (κ1) is 17.0. The fourth-order valence-corrected chi connectivity index (χ4v) is 2.88. The smallest absolute Gasteiger partial charge is 0.240 e. The minimum atomic E-state index is -0.408. The Morgan fingerprint density at radius 3 is 2.70 bits per heavy atom. The molecule has 1 heterocycles. The number of piperidine rings is 1. The third-order valence-corrected chi connectivity index (χ3v) is 4.00. The summed E-state index contributed by atoms with van der Waals surface area (Å²) in [5.41, 5.74) is 7.24. The zero-order chi connectivity index (χ0) is 13.7. The van der Waals surface area contributed by atoms with E-state index in [0.717, 1.165) is 31.4 Å². The maximum absolute atomic E-state index is 12.5. The molecule has 2 atom stereocenters. The summed E-state index contributed by atoms with van der Waals surface area (Å²) in [6.45, 7) is 3.03. The van der Waals surface area contributed by atoms with E-state index in [0.29, 0.717) is 12.5 Å². The normalized spacial score (nSPS) is 20.1. The van der Waals surface area contributed by atoms with Crippen molar-refractivity contribution in [2.75, 3.05) is 6.54 Å². The van der Waals surface area contributed by atoms with Gasteiger partial charge in [0.2, 0.25) is 5.91 Å². The molecule has 0 spiro atoms. The lowest BCUT2D eigenvalue weighted by atomic mass is 9.97. The third-order valence-electron chi connectivity index (χ3n) is 4.00. The van der Waals surface area contributed by atoms with Crippen LogP contribution in [0.5, 0.6) is 0 Å². The zero-order valence-corrected chi connectivity index (χ0v) is 12.9. The Morgan fingerprint density at radius 1 is 1.35 bits per heavy atom. The number of carbonyl (C=O) groups is 1. The van der Waals surface area contributed by atoms with E-state index in [2.05, 4.69) is 6.92 Å². The molecule has 1 aliphatic heterocycles. The molecule has 20 heavy (non-hydrogen) atoms. The number of likely N-dealkylation sites (tertiary alicyclic amines) is 1. The molecule has 1 saturated heterocycles. The van der Waals surface area contributed by atoms with Crippen LogP contribution in [0, 0.1) is 0 Å². The van der Waals surface area contributed by atoms with E-state index >= 15 is 0 Å². The molecule has 0 radical (unpaired) electrons. The van der Waals surface area contributed by atoms with Crippen LogP contribution in [0.25, 0.3) is 0 Å². The lowest BCUT2D eigenvalue weighted by molar-refractivity contribution is -0.136. The van der Waals surface area contributed by atoms with Crippen LogP contribution in [-0.2, 0) is 11.2 Å². The van der Waals surface area contributed by atoms with Gasteiger partial charge in [0, 0.05) is 12.6 Å². The summed E-state index contributed by atoms with van der Waals surface area (Å²) in [5, 5.41) is 0. The Bertz CT molecular complexity index is 410. The summed E-state index contributed by atoms with van der Waals surface area (Å²) in [6, 6.07) is 10.00. The predicted octanol–water partition coefficient (Wildman–Crippen LogP) is 2.77. The second-order valence-corrected chi connectivity index (χ2v) is 5.39. The summed E-state index contributed by atoms with van der Waals surface area (Å²) >= 11 is 0. The van der Waals surface area contributed by atoms with Crippen molar-refractivity contribution in [3.63, 3.8) is 0 Å². The first-order valence-electron chi connectivity index (χ1n) is 7.32. The average molecular weight is 297 g/mol. The lowest BCUT2D eigenvalue weighted by Gasteiger charge is -2.36. The van der Waals surface area contributed by atoms with E-state index in [4.69, 9.17) is 5.73 Å². The molecule has 0 aliphatic carbocycles. The first-order chi connectivity index (χ1) is 9.22. The van der Waals surface area contributed by atoms with Crippen molar-refractivity contribution in [1.82, 2.24) is 4.90 Å². The maximum Gasteiger partial charge on any atom is 0.240 e. The van der Waals surface area contributed by atoms with Crippen LogP contribution >= 0.6 is 12.4 Å². The predicted molar refractivity (Wildman–Crippen MR) is 85.0 cm³/mol.